The Morgan fingerprint density at radius 3 is 2.29 bits per heavy atom. The van der Waals surface area contributed by atoms with Crippen molar-refractivity contribution in [2.45, 2.75) is 77.0 Å². The minimum absolute atomic E-state index is 0.164. The highest BCUT2D eigenvalue weighted by atomic mass is 16.5. The van der Waals surface area contributed by atoms with E-state index in [-0.39, 0.29) is 12.0 Å². The molecule has 0 amide bonds. The summed E-state index contributed by atoms with van der Waals surface area (Å²) < 4.78 is 11.3. The molecule has 0 aromatic rings. The second-order valence-corrected chi connectivity index (χ2v) is 7.23. The monoisotopic (exact) mass is 297 g/mol. The summed E-state index contributed by atoms with van der Waals surface area (Å²) in [4.78, 5) is 12.4. The SMILES string of the molecule is COC(=O)C(COC1CCC(C)CC1)(NC(C)C)C1CC1. The maximum atomic E-state index is 12.4. The van der Waals surface area contributed by atoms with Crippen molar-refractivity contribution in [1.82, 2.24) is 5.32 Å². The van der Waals surface area contributed by atoms with Crippen LogP contribution in [0.5, 0.6) is 0 Å². The molecule has 2 rings (SSSR count). The molecule has 1 N–H and O–H groups in total. The molecule has 0 radical (unpaired) electrons. The average molecular weight is 297 g/mol. The Hall–Kier alpha value is -0.610. The van der Waals surface area contributed by atoms with Gasteiger partial charge in [0.1, 0.15) is 5.54 Å². The van der Waals surface area contributed by atoms with E-state index in [0.717, 1.165) is 31.6 Å². The standard InChI is InChI=1S/C17H31NO3/c1-12(2)18-17(14-7-8-14,16(19)20-4)11-21-15-9-5-13(3)6-10-15/h12-15,18H,5-11H2,1-4H3. The summed E-state index contributed by atoms with van der Waals surface area (Å²) >= 11 is 0. The topological polar surface area (TPSA) is 47.6 Å². The fourth-order valence-corrected chi connectivity index (χ4v) is 3.48. The highest BCUT2D eigenvalue weighted by Gasteiger charge is 2.52. The number of methoxy groups -OCH3 is 1. The lowest BCUT2D eigenvalue weighted by molar-refractivity contribution is -0.155. The second-order valence-electron chi connectivity index (χ2n) is 7.23. The van der Waals surface area contributed by atoms with Gasteiger partial charge in [0.05, 0.1) is 19.8 Å². The molecule has 2 aliphatic rings. The van der Waals surface area contributed by atoms with Gasteiger partial charge < -0.3 is 9.47 Å². The summed E-state index contributed by atoms with van der Waals surface area (Å²) in [5.74, 6) is 1.00. The average Bonchev–Trinajstić information content (AvgIpc) is 3.28. The van der Waals surface area contributed by atoms with Gasteiger partial charge in [0, 0.05) is 6.04 Å². The van der Waals surface area contributed by atoms with Crippen molar-refractivity contribution in [3.63, 3.8) is 0 Å². The van der Waals surface area contributed by atoms with Crippen LogP contribution in [-0.4, -0.2) is 37.4 Å². The van der Waals surface area contributed by atoms with Crippen LogP contribution in [0.25, 0.3) is 0 Å². The van der Waals surface area contributed by atoms with Gasteiger partial charge in [-0.25, -0.2) is 4.79 Å². The lowest BCUT2D eigenvalue weighted by Crippen LogP contribution is -2.60. The molecule has 0 saturated heterocycles. The van der Waals surface area contributed by atoms with E-state index in [1.807, 2.05) is 0 Å². The number of carbonyl (C=O) groups excluding carboxylic acids is 1. The quantitative estimate of drug-likeness (QED) is 0.734. The fraction of sp³-hybridized carbons (Fsp3) is 0.941. The Kier molecular flexibility index (Phi) is 5.67. The summed E-state index contributed by atoms with van der Waals surface area (Å²) in [5, 5.41) is 3.45. The molecule has 2 fully saturated rings. The van der Waals surface area contributed by atoms with Gasteiger partial charge in [0.15, 0.2) is 0 Å². The Bertz CT molecular complexity index is 346. The summed E-state index contributed by atoms with van der Waals surface area (Å²) in [5.41, 5.74) is -0.647. The Balaban J connectivity index is 1.99. The summed E-state index contributed by atoms with van der Waals surface area (Å²) in [6.45, 7) is 6.89. The molecule has 0 heterocycles. The van der Waals surface area contributed by atoms with Crippen LogP contribution in [0.2, 0.25) is 0 Å². The van der Waals surface area contributed by atoms with E-state index >= 15 is 0 Å². The molecule has 0 bridgehead atoms. The molecule has 2 saturated carbocycles. The minimum Gasteiger partial charge on any atom is -0.468 e. The third kappa shape index (κ3) is 4.19. The summed E-state index contributed by atoms with van der Waals surface area (Å²) in [6, 6.07) is 0.236. The van der Waals surface area contributed by atoms with Crippen LogP contribution in [0.3, 0.4) is 0 Å². The first kappa shape index (κ1) is 16.8. The summed E-state index contributed by atoms with van der Waals surface area (Å²) in [7, 11) is 1.48. The number of carbonyl (C=O) groups is 1. The van der Waals surface area contributed by atoms with Crippen LogP contribution in [0.1, 0.15) is 59.3 Å². The van der Waals surface area contributed by atoms with Gasteiger partial charge in [-0.15, -0.1) is 0 Å². The van der Waals surface area contributed by atoms with E-state index in [1.54, 1.807) is 0 Å². The molecule has 4 nitrogen and oxygen atoms in total. The van der Waals surface area contributed by atoms with Gasteiger partial charge in [-0.05, 0) is 64.2 Å². The van der Waals surface area contributed by atoms with Crippen molar-refractivity contribution in [1.29, 1.82) is 0 Å². The minimum atomic E-state index is -0.647. The zero-order chi connectivity index (χ0) is 15.5. The van der Waals surface area contributed by atoms with Crippen LogP contribution in [0.15, 0.2) is 0 Å². The number of hydrogen-bond acceptors (Lipinski definition) is 4. The first-order chi connectivity index (χ1) is 9.98. The molecule has 0 aliphatic heterocycles. The maximum absolute atomic E-state index is 12.4. The highest BCUT2D eigenvalue weighted by molar-refractivity contribution is 5.82. The van der Waals surface area contributed by atoms with E-state index in [0.29, 0.717) is 18.6 Å². The van der Waals surface area contributed by atoms with Crippen molar-refractivity contribution in [3.8, 4) is 0 Å². The number of ether oxygens (including phenoxy) is 2. The number of hydrogen-bond donors (Lipinski definition) is 1. The number of nitrogens with one attached hydrogen (secondary N) is 1. The predicted octanol–water partition coefficient (Wildman–Crippen LogP) is 2.90. The molecule has 1 atom stereocenters. The van der Waals surface area contributed by atoms with Crippen LogP contribution in [0, 0.1) is 11.8 Å². The Morgan fingerprint density at radius 2 is 1.81 bits per heavy atom. The molecular formula is C17H31NO3. The number of esters is 1. The van der Waals surface area contributed by atoms with Gasteiger partial charge >= 0.3 is 5.97 Å². The first-order valence-electron chi connectivity index (χ1n) is 8.45. The molecule has 2 aliphatic carbocycles. The van der Waals surface area contributed by atoms with E-state index in [9.17, 15) is 4.79 Å². The Morgan fingerprint density at radius 1 is 1.19 bits per heavy atom. The lowest BCUT2D eigenvalue weighted by Gasteiger charge is -2.36. The zero-order valence-electron chi connectivity index (χ0n) is 14.0. The predicted molar refractivity (Wildman–Crippen MR) is 83.1 cm³/mol. The maximum Gasteiger partial charge on any atom is 0.328 e. The molecule has 0 aromatic heterocycles. The van der Waals surface area contributed by atoms with E-state index < -0.39 is 5.54 Å². The zero-order valence-corrected chi connectivity index (χ0v) is 14.0. The molecule has 21 heavy (non-hydrogen) atoms. The Labute approximate surface area is 129 Å². The second kappa shape index (κ2) is 7.10. The third-order valence-electron chi connectivity index (χ3n) is 4.88. The van der Waals surface area contributed by atoms with Crippen LogP contribution >= 0.6 is 0 Å². The normalized spacial score (nSPS) is 29.2. The molecular weight excluding hydrogens is 266 g/mol. The van der Waals surface area contributed by atoms with E-state index in [4.69, 9.17) is 9.47 Å². The van der Waals surface area contributed by atoms with Gasteiger partial charge in [0.2, 0.25) is 0 Å². The molecule has 4 heteroatoms. The molecule has 0 aromatic carbocycles. The van der Waals surface area contributed by atoms with Crippen LogP contribution in [-0.2, 0) is 14.3 Å². The van der Waals surface area contributed by atoms with Gasteiger partial charge in [0.25, 0.3) is 0 Å². The van der Waals surface area contributed by atoms with Gasteiger partial charge in [-0.1, -0.05) is 6.92 Å². The van der Waals surface area contributed by atoms with Crippen molar-refractivity contribution >= 4 is 5.97 Å². The largest absolute Gasteiger partial charge is 0.468 e. The van der Waals surface area contributed by atoms with E-state index in [1.165, 1.54) is 20.0 Å². The summed E-state index contributed by atoms with van der Waals surface area (Å²) in [6.07, 6.45) is 7.17. The van der Waals surface area contributed by atoms with Crippen molar-refractivity contribution in [2.75, 3.05) is 13.7 Å². The van der Waals surface area contributed by atoms with Crippen molar-refractivity contribution in [2.24, 2.45) is 11.8 Å². The highest BCUT2D eigenvalue weighted by Crippen LogP contribution is 2.41. The lowest BCUT2D eigenvalue weighted by atomic mass is 9.88. The third-order valence-corrected chi connectivity index (χ3v) is 4.88. The molecule has 0 spiro atoms. The van der Waals surface area contributed by atoms with Crippen LogP contribution < -0.4 is 5.32 Å². The van der Waals surface area contributed by atoms with Crippen molar-refractivity contribution < 1.29 is 14.3 Å². The smallest absolute Gasteiger partial charge is 0.328 e. The molecule has 122 valence electrons. The first-order valence-corrected chi connectivity index (χ1v) is 8.45. The van der Waals surface area contributed by atoms with Crippen molar-refractivity contribution in [3.05, 3.63) is 0 Å². The fourth-order valence-electron chi connectivity index (χ4n) is 3.48. The number of rotatable bonds is 7. The van der Waals surface area contributed by atoms with Gasteiger partial charge in [-0.2, -0.15) is 0 Å². The molecule has 1 unspecified atom stereocenters. The van der Waals surface area contributed by atoms with Gasteiger partial charge in [-0.3, -0.25) is 5.32 Å². The van der Waals surface area contributed by atoms with Crippen LogP contribution in [0.4, 0.5) is 0 Å². The van der Waals surface area contributed by atoms with E-state index in [2.05, 4.69) is 26.1 Å².